The second-order valence-corrected chi connectivity index (χ2v) is 6.34. The number of hydrogen-bond donors (Lipinski definition) is 1. The molecular weight excluding hydrogens is 320 g/mol. The van der Waals surface area contributed by atoms with Gasteiger partial charge in [-0.25, -0.2) is 0 Å². The summed E-state index contributed by atoms with van der Waals surface area (Å²) in [5, 5.41) is 10.6. The van der Waals surface area contributed by atoms with Crippen LogP contribution in [-0.2, 0) is 4.79 Å². The SMILES string of the molecule is C[C@]1(O)CCN(C(=O)COc2cccnc2)C[C@@H]1Oc1ccccc1. The largest absolute Gasteiger partial charge is 0.486 e. The molecule has 1 aliphatic heterocycles. The Morgan fingerprint density at radius 3 is 2.76 bits per heavy atom. The molecular formula is C19H22N2O4. The van der Waals surface area contributed by atoms with Gasteiger partial charge in [0.1, 0.15) is 23.2 Å². The average molecular weight is 342 g/mol. The van der Waals surface area contributed by atoms with Crippen molar-refractivity contribution >= 4 is 5.91 Å². The van der Waals surface area contributed by atoms with E-state index in [0.717, 1.165) is 0 Å². The highest BCUT2D eigenvalue weighted by atomic mass is 16.5. The first-order valence-electron chi connectivity index (χ1n) is 8.29. The molecule has 1 aromatic carbocycles. The highest BCUT2D eigenvalue weighted by molar-refractivity contribution is 5.78. The predicted molar refractivity (Wildman–Crippen MR) is 92.4 cm³/mol. The van der Waals surface area contributed by atoms with Gasteiger partial charge in [0.25, 0.3) is 5.91 Å². The number of aromatic nitrogens is 1. The van der Waals surface area contributed by atoms with Gasteiger partial charge in [-0.3, -0.25) is 9.78 Å². The van der Waals surface area contributed by atoms with Crippen LogP contribution in [0.1, 0.15) is 13.3 Å². The molecule has 2 heterocycles. The Morgan fingerprint density at radius 2 is 2.04 bits per heavy atom. The van der Waals surface area contributed by atoms with Crippen LogP contribution < -0.4 is 9.47 Å². The van der Waals surface area contributed by atoms with Crippen molar-refractivity contribution in [2.45, 2.75) is 25.0 Å². The van der Waals surface area contributed by atoms with Gasteiger partial charge in [0.05, 0.1) is 12.7 Å². The zero-order chi connectivity index (χ0) is 17.7. The number of carbonyl (C=O) groups excluding carboxylic acids is 1. The van der Waals surface area contributed by atoms with Gasteiger partial charge in [-0.1, -0.05) is 18.2 Å². The second-order valence-electron chi connectivity index (χ2n) is 6.34. The Morgan fingerprint density at radius 1 is 1.28 bits per heavy atom. The molecule has 6 heteroatoms. The minimum Gasteiger partial charge on any atom is -0.486 e. The van der Waals surface area contributed by atoms with E-state index in [1.807, 2.05) is 30.3 Å². The van der Waals surface area contributed by atoms with Crippen molar-refractivity contribution in [3.8, 4) is 11.5 Å². The third-order valence-electron chi connectivity index (χ3n) is 4.34. The van der Waals surface area contributed by atoms with Crippen LogP contribution in [-0.4, -0.2) is 52.3 Å². The van der Waals surface area contributed by atoms with E-state index in [4.69, 9.17) is 9.47 Å². The molecule has 0 spiro atoms. The third-order valence-corrected chi connectivity index (χ3v) is 4.34. The second kappa shape index (κ2) is 7.53. The zero-order valence-electron chi connectivity index (χ0n) is 14.2. The molecule has 0 aliphatic carbocycles. The van der Waals surface area contributed by atoms with Gasteiger partial charge in [-0.05, 0) is 37.6 Å². The molecule has 0 bridgehead atoms. The van der Waals surface area contributed by atoms with Crippen molar-refractivity contribution in [1.29, 1.82) is 0 Å². The topological polar surface area (TPSA) is 71.9 Å². The Balaban J connectivity index is 1.60. The first-order valence-corrected chi connectivity index (χ1v) is 8.29. The maximum atomic E-state index is 12.4. The van der Waals surface area contributed by atoms with Gasteiger partial charge in [-0.2, -0.15) is 0 Å². The molecule has 2 atom stereocenters. The molecule has 1 saturated heterocycles. The fourth-order valence-corrected chi connectivity index (χ4v) is 2.73. The summed E-state index contributed by atoms with van der Waals surface area (Å²) in [6.07, 6.45) is 3.16. The van der Waals surface area contributed by atoms with E-state index in [9.17, 15) is 9.90 Å². The van der Waals surface area contributed by atoms with Crippen LogP contribution in [0.3, 0.4) is 0 Å². The summed E-state index contributed by atoms with van der Waals surface area (Å²) in [5.41, 5.74) is -0.989. The van der Waals surface area contributed by atoms with Crippen molar-refractivity contribution in [1.82, 2.24) is 9.88 Å². The summed E-state index contributed by atoms with van der Waals surface area (Å²) in [7, 11) is 0. The number of benzene rings is 1. The molecule has 2 aromatic rings. The lowest BCUT2D eigenvalue weighted by Crippen LogP contribution is -2.58. The normalized spacial score (nSPS) is 23.1. The Labute approximate surface area is 147 Å². The monoisotopic (exact) mass is 342 g/mol. The Hall–Kier alpha value is -2.60. The van der Waals surface area contributed by atoms with E-state index in [1.54, 1.807) is 36.4 Å². The summed E-state index contributed by atoms with van der Waals surface area (Å²) in [6, 6.07) is 12.8. The highest BCUT2D eigenvalue weighted by Gasteiger charge is 2.40. The van der Waals surface area contributed by atoms with Crippen LogP contribution in [0, 0.1) is 0 Å². The van der Waals surface area contributed by atoms with Crippen LogP contribution in [0.2, 0.25) is 0 Å². The molecule has 0 radical (unpaired) electrons. The minimum absolute atomic E-state index is 0.0636. The lowest BCUT2D eigenvalue weighted by molar-refractivity contribution is -0.145. The number of likely N-dealkylation sites (tertiary alicyclic amines) is 1. The summed E-state index contributed by atoms with van der Waals surface area (Å²) in [5.74, 6) is 1.09. The van der Waals surface area contributed by atoms with Crippen LogP contribution >= 0.6 is 0 Å². The summed E-state index contributed by atoms with van der Waals surface area (Å²) in [4.78, 5) is 18.0. The van der Waals surface area contributed by atoms with Gasteiger partial charge in [0.2, 0.25) is 0 Å². The van der Waals surface area contributed by atoms with Crippen LogP contribution in [0.4, 0.5) is 0 Å². The molecule has 132 valence electrons. The number of amides is 1. The molecule has 1 amide bonds. The maximum Gasteiger partial charge on any atom is 0.260 e. The molecule has 1 fully saturated rings. The van der Waals surface area contributed by atoms with Crippen molar-refractivity contribution in [2.24, 2.45) is 0 Å². The highest BCUT2D eigenvalue weighted by Crippen LogP contribution is 2.26. The van der Waals surface area contributed by atoms with E-state index in [0.29, 0.717) is 31.0 Å². The number of carbonyl (C=O) groups is 1. The number of pyridine rings is 1. The average Bonchev–Trinajstić information content (AvgIpc) is 2.63. The Bertz CT molecular complexity index is 691. The standard InChI is InChI=1S/C19H22N2O4/c1-19(23)9-11-21(13-17(19)25-15-6-3-2-4-7-15)18(22)14-24-16-8-5-10-20-12-16/h2-8,10,12,17,23H,9,11,13-14H2,1H3/t17-,19-/m0/s1. The number of rotatable bonds is 5. The first-order chi connectivity index (χ1) is 12.0. The number of aliphatic hydroxyl groups is 1. The fraction of sp³-hybridized carbons (Fsp3) is 0.368. The van der Waals surface area contributed by atoms with E-state index in [1.165, 1.54) is 0 Å². The van der Waals surface area contributed by atoms with Crippen LogP contribution in [0.25, 0.3) is 0 Å². The number of nitrogens with zero attached hydrogens (tertiary/aromatic N) is 2. The van der Waals surface area contributed by atoms with Gasteiger partial charge < -0.3 is 19.5 Å². The number of para-hydroxylation sites is 1. The van der Waals surface area contributed by atoms with Crippen molar-refractivity contribution in [3.05, 3.63) is 54.9 Å². The number of ether oxygens (including phenoxy) is 2. The Kier molecular flexibility index (Phi) is 5.19. The zero-order valence-corrected chi connectivity index (χ0v) is 14.2. The molecule has 25 heavy (non-hydrogen) atoms. The van der Waals surface area contributed by atoms with Crippen LogP contribution in [0.5, 0.6) is 11.5 Å². The predicted octanol–water partition coefficient (Wildman–Crippen LogP) is 1.89. The van der Waals surface area contributed by atoms with Crippen LogP contribution in [0.15, 0.2) is 54.9 Å². The number of hydrogen-bond acceptors (Lipinski definition) is 5. The first kappa shape index (κ1) is 17.2. The lowest BCUT2D eigenvalue weighted by atomic mass is 9.90. The molecule has 0 saturated carbocycles. The quantitative estimate of drug-likeness (QED) is 0.898. The maximum absolute atomic E-state index is 12.4. The lowest BCUT2D eigenvalue weighted by Gasteiger charge is -2.42. The molecule has 0 unspecified atom stereocenters. The van der Waals surface area contributed by atoms with Gasteiger partial charge in [0, 0.05) is 12.7 Å². The van der Waals surface area contributed by atoms with E-state index in [-0.39, 0.29) is 12.5 Å². The molecule has 6 nitrogen and oxygen atoms in total. The third kappa shape index (κ3) is 4.48. The van der Waals surface area contributed by atoms with Crippen molar-refractivity contribution < 1.29 is 19.4 Å². The van der Waals surface area contributed by atoms with E-state index in [2.05, 4.69) is 4.98 Å². The molecule has 1 aromatic heterocycles. The van der Waals surface area contributed by atoms with E-state index >= 15 is 0 Å². The summed E-state index contributed by atoms with van der Waals surface area (Å²) >= 11 is 0. The molecule has 1 aliphatic rings. The fourth-order valence-electron chi connectivity index (χ4n) is 2.73. The van der Waals surface area contributed by atoms with Gasteiger partial charge >= 0.3 is 0 Å². The minimum atomic E-state index is -0.989. The molecule has 3 rings (SSSR count). The van der Waals surface area contributed by atoms with E-state index < -0.39 is 11.7 Å². The van der Waals surface area contributed by atoms with Gasteiger partial charge in [0.15, 0.2) is 6.61 Å². The van der Waals surface area contributed by atoms with Gasteiger partial charge in [-0.15, -0.1) is 0 Å². The smallest absolute Gasteiger partial charge is 0.260 e. The number of piperidine rings is 1. The summed E-state index contributed by atoms with van der Waals surface area (Å²) in [6.45, 7) is 2.47. The molecule has 1 N–H and O–H groups in total. The van der Waals surface area contributed by atoms with Crippen molar-refractivity contribution in [2.75, 3.05) is 19.7 Å². The van der Waals surface area contributed by atoms with Crippen molar-refractivity contribution in [3.63, 3.8) is 0 Å². The summed E-state index contributed by atoms with van der Waals surface area (Å²) < 4.78 is 11.4.